The summed E-state index contributed by atoms with van der Waals surface area (Å²) in [6.07, 6.45) is 0. The minimum Gasteiger partial charge on any atom is -0.496 e. The molecule has 0 aliphatic rings. The second kappa shape index (κ2) is 8.90. The molecule has 0 aliphatic carbocycles. The van der Waals surface area contributed by atoms with E-state index in [2.05, 4.69) is 20.7 Å². The second-order valence-corrected chi connectivity index (χ2v) is 6.18. The molecule has 0 unspecified atom stereocenters. The number of para-hydroxylation sites is 1. The summed E-state index contributed by atoms with van der Waals surface area (Å²) >= 11 is 1.51. The number of nitrogens with one attached hydrogen (secondary N) is 1. The Labute approximate surface area is 158 Å². The van der Waals surface area contributed by atoms with E-state index in [1.54, 1.807) is 13.2 Å². The number of nitrogens with zero attached hydrogens (tertiary/aromatic N) is 4. The van der Waals surface area contributed by atoms with Gasteiger partial charge in [0, 0.05) is 23.1 Å². The van der Waals surface area contributed by atoms with Crippen LogP contribution in [0.4, 0.5) is 0 Å². The predicted octanol–water partition coefficient (Wildman–Crippen LogP) is 1.27. The zero-order valence-corrected chi connectivity index (χ0v) is 15.3. The Morgan fingerprint density at radius 1 is 1.26 bits per heavy atom. The van der Waals surface area contributed by atoms with Crippen molar-refractivity contribution in [3.8, 4) is 17.1 Å². The first-order chi connectivity index (χ1) is 13.2. The van der Waals surface area contributed by atoms with Crippen LogP contribution >= 0.6 is 11.3 Å². The van der Waals surface area contributed by atoms with Gasteiger partial charge in [-0.3, -0.25) is 4.79 Å². The minimum atomic E-state index is -0.628. The number of ether oxygens (including phenoxy) is 2. The van der Waals surface area contributed by atoms with Gasteiger partial charge in [0.15, 0.2) is 13.2 Å². The van der Waals surface area contributed by atoms with Crippen molar-refractivity contribution in [2.24, 2.45) is 0 Å². The van der Waals surface area contributed by atoms with Crippen molar-refractivity contribution in [2.45, 2.75) is 13.1 Å². The van der Waals surface area contributed by atoms with E-state index in [-0.39, 0.29) is 19.7 Å². The highest BCUT2D eigenvalue weighted by Gasteiger charge is 2.12. The summed E-state index contributed by atoms with van der Waals surface area (Å²) in [5.41, 5.74) is 1.66. The van der Waals surface area contributed by atoms with Crippen molar-refractivity contribution in [3.05, 3.63) is 46.7 Å². The molecule has 3 aromatic rings. The van der Waals surface area contributed by atoms with Gasteiger partial charge in [0.05, 0.1) is 7.11 Å². The zero-order chi connectivity index (χ0) is 19.1. The van der Waals surface area contributed by atoms with E-state index in [1.807, 2.05) is 35.0 Å². The molecule has 0 bridgehead atoms. The molecule has 27 heavy (non-hydrogen) atoms. The lowest BCUT2D eigenvalue weighted by atomic mass is 10.2. The van der Waals surface area contributed by atoms with Crippen molar-refractivity contribution < 1.29 is 19.1 Å². The molecule has 10 heteroatoms. The molecule has 0 spiro atoms. The number of methoxy groups -OCH3 is 1. The lowest BCUT2D eigenvalue weighted by Crippen LogP contribution is -2.29. The third kappa shape index (κ3) is 5.11. The number of esters is 1. The SMILES string of the molecule is COc1ccccc1CNC(=O)COC(=O)Cn1nnc(-c2ccsc2)n1. The molecule has 9 nitrogen and oxygen atoms in total. The average molecular weight is 387 g/mol. The van der Waals surface area contributed by atoms with Crippen LogP contribution in [0.25, 0.3) is 11.4 Å². The van der Waals surface area contributed by atoms with Gasteiger partial charge < -0.3 is 14.8 Å². The number of aromatic nitrogens is 4. The van der Waals surface area contributed by atoms with Gasteiger partial charge in [-0.1, -0.05) is 18.2 Å². The van der Waals surface area contributed by atoms with Crippen molar-refractivity contribution in [1.82, 2.24) is 25.5 Å². The van der Waals surface area contributed by atoms with Gasteiger partial charge in [-0.2, -0.15) is 16.1 Å². The van der Waals surface area contributed by atoms with Gasteiger partial charge in [-0.25, -0.2) is 4.79 Å². The Morgan fingerprint density at radius 2 is 2.11 bits per heavy atom. The molecule has 1 amide bonds. The smallest absolute Gasteiger partial charge is 0.330 e. The zero-order valence-electron chi connectivity index (χ0n) is 14.5. The minimum absolute atomic E-state index is 0.225. The summed E-state index contributed by atoms with van der Waals surface area (Å²) in [5, 5.41) is 18.2. The number of hydrogen-bond donors (Lipinski definition) is 1. The van der Waals surface area contributed by atoms with Gasteiger partial charge in [0.2, 0.25) is 5.82 Å². The standard InChI is InChI=1S/C17H17N5O4S/c1-25-14-5-3-2-4-12(14)8-18-15(23)10-26-16(24)9-22-20-17(19-21-22)13-6-7-27-11-13/h2-7,11H,8-10H2,1H3,(H,18,23). The van der Waals surface area contributed by atoms with E-state index in [1.165, 1.54) is 11.3 Å². The van der Waals surface area contributed by atoms with E-state index < -0.39 is 11.9 Å². The molecule has 3 rings (SSSR count). The second-order valence-electron chi connectivity index (χ2n) is 5.40. The fourth-order valence-electron chi connectivity index (χ4n) is 2.22. The number of carbonyl (C=O) groups is 2. The number of thiophene rings is 1. The van der Waals surface area contributed by atoms with Crippen LogP contribution in [0.3, 0.4) is 0 Å². The topological polar surface area (TPSA) is 108 Å². The highest BCUT2D eigenvalue weighted by molar-refractivity contribution is 7.08. The normalized spacial score (nSPS) is 10.4. The molecule has 140 valence electrons. The Hall–Kier alpha value is -3.27. The molecular formula is C17H17N5O4S. The van der Waals surface area contributed by atoms with Gasteiger partial charge in [-0.15, -0.1) is 10.2 Å². The molecule has 0 atom stereocenters. The van der Waals surface area contributed by atoms with Crippen LogP contribution in [0.5, 0.6) is 5.75 Å². The number of amides is 1. The Morgan fingerprint density at radius 3 is 2.89 bits per heavy atom. The van der Waals surface area contributed by atoms with Crippen molar-refractivity contribution >= 4 is 23.2 Å². The largest absolute Gasteiger partial charge is 0.496 e. The number of hydrogen-bond acceptors (Lipinski definition) is 8. The quantitative estimate of drug-likeness (QED) is 0.580. The maximum Gasteiger partial charge on any atom is 0.330 e. The summed E-state index contributed by atoms with van der Waals surface area (Å²) in [4.78, 5) is 24.8. The van der Waals surface area contributed by atoms with Crippen molar-refractivity contribution in [2.75, 3.05) is 13.7 Å². The van der Waals surface area contributed by atoms with Gasteiger partial charge in [0.25, 0.3) is 5.91 Å². The van der Waals surface area contributed by atoms with Crippen LogP contribution in [-0.4, -0.2) is 45.8 Å². The predicted molar refractivity (Wildman–Crippen MR) is 96.9 cm³/mol. The highest BCUT2D eigenvalue weighted by Crippen LogP contribution is 2.17. The number of tetrazole rings is 1. The van der Waals surface area contributed by atoms with Crippen LogP contribution in [0.1, 0.15) is 5.56 Å². The first-order valence-corrected chi connectivity index (χ1v) is 8.94. The van der Waals surface area contributed by atoms with Crippen LogP contribution < -0.4 is 10.1 Å². The Balaban J connectivity index is 1.43. The Kier molecular flexibility index (Phi) is 6.10. The van der Waals surface area contributed by atoms with E-state index >= 15 is 0 Å². The van der Waals surface area contributed by atoms with Gasteiger partial charge in [-0.05, 0) is 22.7 Å². The molecule has 0 fully saturated rings. The van der Waals surface area contributed by atoms with Crippen molar-refractivity contribution in [3.63, 3.8) is 0 Å². The number of benzene rings is 1. The third-order valence-electron chi connectivity index (χ3n) is 3.54. The molecule has 0 saturated carbocycles. The highest BCUT2D eigenvalue weighted by atomic mass is 32.1. The summed E-state index contributed by atoms with van der Waals surface area (Å²) in [6, 6.07) is 9.19. The van der Waals surface area contributed by atoms with E-state index in [4.69, 9.17) is 9.47 Å². The number of carbonyl (C=O) groups excluding carboxylic acids is 2. The Bertz CT molecular complexity index is 910. The van der Waals surface area contributed by atoms with E-state index in [9.17, 15) is 9.59 Å². The summed E-state index contributed by atoms with van der Waals surface area (Å²) in [6.45, 7) is -0.341. The van der Waals surface area contributed by atoms with Crippen LogP contribution in [0.15, 0.2) is 41.1 Å². The average Bonchev–Trinajstić information content (AvgIpc) is 3.36. The fourth-order valence-corrected chi connectivity index (χ4v) is 2.85. The van der Waals surface area contributed by atoms with Crippen LogP contribution in [0.2, 0.25) is 0 Å². The van der Waals surface area contributed by atoms with Gasteiger partial charge in [0.1, 0.15) is 5.75 Å². The first kappa shape index (κ1) is 18.5. The van der Waals surface area contributed by atoms with Crippen LogP contribution in [-0.2, 0) is 27.4 Å². The maximum atomic E-state index is 11.9. The molecule has 1 aromatic carbocycles. The third-order valence-corrected chi connectivity index (χ3v) is 4.22. The van der Waals surface area contributed by atoms with E-state index in [0.717, 1.165) is 15.9 Å². The molecule has 2 aromatic heterocycles. The first-order valence-electron chi connectivity index (χ1n) is 8.00. The summed E-state index contributed by atoms with van der Waals surface area (Å²) < 4.78 is 10.2. The molecule has 0 aliphatic heterocycles. The molecule has 0 radical (unpaired) electrons. The van der Waals surface area contributed by atoms with Gasteiger partial charge >= 0.3 is 5.97 Å². The molecule has 0 saturated heterocycles. The van der Waals surface area contributed by atoms with Crippen molar-refractivity contribution in [1.29, 1.82) is 0 Å². The number of rotatable bonds is 8. The summed E-state index contributed by atoms with van der Waals surface area (Å²) in [5.74, 6) is 0.0588. The van der Waals surface area contributed by atoms with E-state index in [0.29, 0.717) is 11.6 Å². The lowest BCUT2D eigenvalue weighted by molar-refractivity contribution is -0.149. The fraction of sp³-hybridized carbons (Fsp3) is 0.235. The maximum absolute atomic E-state index is 11.9. The molecule has 1 N–H and O–H groups in total. The summed E-state index contributed by atoms with van der Waals surface area (Å²) in [7, 11) is 1.56. The van der Waals surface area contributed by atoms with Crippen LogP contribution in [0, 0.1) is 0 Å². The molecular weight excluding hydrogens is 370 g/mol. The monoisotopic (exact) mass is 387 g/mol. The molecule has 2 heterocycles. The lowest BCUT2D eigenvalue weighted by Gasteiger charge is -2.09.